The first-order chi connectivity index (χ1) is 4.72. The van der Waals surface area contributed by atoms with Crippen LogP contribution in [0, 0.1) is 0 Å². The van der Waals surface area contributed by atoms with Crippen LogP contribution < -0.4 is 40.9 Å². The van der Waals surface area contributed by atoms with Crippen molar-refractivity contribution in [2.24, 2.45) is 5.73 Å². The quantitative estimate of drug-likeness (QED) is 0.411. The number of nitrogens with one attached hydrogen (secondary N) is 1. The summed E-state index contributed by atoms with van der Waals surface area (Å²) in [5, 5.41) is 0. The van der Waals surface area contributed by atoms with Crippen molar-refractivity contribution in [3.63, 3.8) is 0 Å². The molecule has 0 bridgehead atoms. The van der Waals surface area contributed by atoms with Gasteiger partial charge in [0.25, 0.3) is 11.5 Å². The zero-order valence-electron chi connectivity index (χ0n) is 6.00. The Balaban J connectivity index is 0.000001000. The van der Waals surface area contributed by atoms with E-state index in [0.717, 1.165) is 0 Å². The summed E-state index contributed by atoms with van der Waals surface area (Å²) in [5.74, 6) is -0.818. The van der Waals surface area contributed by atoms with Gasteiger partial charge in [0.2, 0.25) is 0 Å². The summed E-state index contributed by atoms with van der Waals surface area (Å²) in [4.78, 5) is 26.7. The van der Waals surface area contributed by atoms with Gasteiger partial charge < -0.3 is 10.7 Å². The second kappa shape index (κ2) is 4.27. The molecule has 52 valence electrons. The third kappa shape index (κ3) is 2.45. The van der Waals surface area contributed by atoms with E-state index < -0.39 is 11.5 Å². The maximum Gasteiger partial charge on any atom is 1.00 e. The number of carbonyl (C=O) groups is 1. The minimum Gasteiger partial charge on any atom is -0.364 e. The Hall–Kier alpha value is -0.650. The van der Waals surface area contributed by atoms with Gasteiger partial charge in [-0.25, -0.2) is 4.98 Å². The summed E-state index contributed by atoms with van der Waals surface area (Å²) < 4.78 is 0. The molecule has 0 saturated carbocycles. The van der Waals surface area contributed by atoms with Gasteiger partial charge in [-0.1, -0.05) is 0 Å². The maximum absolute atomic E-state index is 10.6. The fourth-order valence-corrected chi connectivity index (χ4v) is 0.527. The molecule has 11 heavy (non-hydrogen) atoms. The van der Waals surface area contributed by atoms with Crippen molar-refractivity contribution in [2.45, 2.75) is 0 Å². The molecule has 0 aliphatic carbocycles. The van der Waals surface area contributed by atoms with Gasteiger partial charge in [-0.2, -0.15) is 0 Å². The van der Waals surface area contributed by atoms with E-state index in [1.807, 2.05) is 0 Å². The molecule has 0 radical (unpaired) electrons. The Morgan fingerprint density at radius 3 is 2.64 bits per heavy atom. The number of aromatic nitrogens is 2. The van der Waals surface area contributed by atoms with Crippen LogP contribution in [0.2, 0.25) is 0 Å². The summed E-state index contributed by atoms with van der Waals surface area (Å²) in [7, 11) is 0. The Morgan fingerprint density at radius 2 is 2.27 bits per heavy atom. The summed E-state index contributed by atoms with van der Waals surface area (Å²) in [6, 6.07) is 0. The number of aromatic amines is 1. The smallest absolute Gasteiger partial charge is 0.364 e. The van der Waals surface area contributed by atoms with Crippen molar-refractivity contribution in [1.82, 2.24) is 9.97 Å². The molecule has 6 heteroatoms. The summed E-state index contributed by atoms with van der Waals surface area (Å²) >= 11 is 0. The number of primary amides is 1. The molecule has 0 aliphatic heterocycles. The maximum atomic E-state index is 10.6. The molecule has 0 spiro atoms. The first kappa shape index (κ1) is 10.3. The monoisotopic (exact) mass is 162 g/mol. The number of nitrogens with two attached hydrogens (primary N) is 1. The topological polar surface area (TPSA) is 88.8 Å². The Bertz CT molecular complexity index is 309. The van der Waals surface area contributed by atoms with Gasteiger partial charge >= 0.3 is 29.6 Å². The molecule has 0 atom stereocenters. The Morgan fingerprint density at radius 1 is 1.64 bits per heavy atom. The van der Waals surface area contributed by atoms with E-state index in [1.54, 1.807) is 0 Å². The van der Waals surface area contributed by atoms with Gasteiger partial charge in [0.05, 0.1) is 0 Å². The number of rotatable bonds is 1. The van der Waals surface area contributed by atoms with Gasteiger partial charge in [-0.15, -0.1) is 0 Å². The molecule has 0 aromatic carbocycles. The van der Waals surface area contributed by atoms with E-state index in [-0.39, 0.29) is 35.3 Å². The van der Waals surface area contributed by atoms with Crippen LogP contribution in [-0.2, 0) is 0 Å². The summed E-state index contributed by atoms with van der Waals surface area (Å²) in [6.45, 7) is 0. The predicted octanol–water partition coefficient (Wildman–Crippen LogP) is -4.13. The second-order valence-electron chi connectivity index (χ2n) is 1.63. The third-order valence-electron chi connectivity index (χ3n) is 0.941. The SMILES string of the molecule is NC(=O)c1ncc[nH]c1=O.[Na+]. The van der Waals surface area contributed by atoms with Crippen molar-refractivity contribution < 1.29 is 34.4 Å². The molecule has 3 N–H and O–H groups in total. The minimum absolute atomic E-state index is 0. The van der Waals surface area contributed by atoms with Gasteiger partial charge in [-0.3, -0.25) is 9.59 Å². The van der Waals surface area contributed by atoms with Crippen molar-refractivity contribution in [3.8, 4) is 0 Å². The Kier molecular flexibility index (Phi) is 4.02. The van der Waals surface area contributed by atoms with Gasteiger partial charge in [-0.05, 0) is 0 Å². The van der Waals surface area contributed by atoms with Crippen LogP contribution >= 0.6 is 0 Å². The molecule has 1 aromatic heterocycles. The normalized spacial score (nSPS) is 8.36. The molecule has 0 fully saturated rings. The summed E-state index contributed by atoms with van der Waals surface area (Å²) in [5.41, 5.74) is 3.97. The first-order valence-electron chi connectivity index (χ1n) is 2.55. The number of hydrogen-bond donors (Lipinski definition) is 2. The summed E-state index contributed by atoms with van der Waals surface area (Å²) in [6.07, 6.45) is 2.62. The third-order valence-corrected chi connectivity index (χ3v) is 0.941. The van der Waals surface area contributed by atoms with Crippen LogP contribution in [0.15, 0.2) is 17.2 Å². The van der Waals surface area contributed by atoms with Crippen molar-refractivity contribution in [1.29, 1.82) is 0 Å². The van der Waals surface area contributed by atoms with Crippen LogP contribution in [0.5, 0.6) is 0 Å². The average molecular weight is 162 g/mol. The van der Waals surface area contributed by atoms with Crippen molar-refractivity contribution >= 4 is 5.91 Å². The molecule has 1 heterocycles. The van der Waals surface area contributed by atoms with E-state index in [0.29, 0.717) is 0 Å². The van der Waals surface area contributed by atoms with E-state index in [2.05, 4.69) is 9.97 Å². The van der Waals surface area contributed by atoms with Crippen molar-refractivity contribution in [2.75, 3.05) is 0 Å². The molecule has 5 nitrogen and oxygen atoms in total. The zero-order chi connectivity index (χ0) is 7.56. The van der Waals surface area contributed by atoms with Gasteiger partial charge in [0.15, 0.2) is 5.69 Å². The van der Waals surface area contributed by atoms with Crippen LogP contribution in [0.3, 0.4) is 0 Å². The van der Waals surface area contributed by atoms with Crippen LogP contribution in [0.25, 0.3) is 0 Å². The molecule has 0 unspecified atom stereocenters. The predicted molar refractivity (Wildman–Crippen MR) is 33.4 cm³/mol. The molecular weight excluding hydrogens is 157 g/mol. The fourth-order valence-electron chi connectivity index (χ4n) is 0.527. The van der Waals surface area contributed by atoms with Crippen molar-refractivity contribution in [3.05, 3.63) is 28.4 Å². The molecule has 1 amide bonds. The minimum atomic E-state index is -0.818. The van der Waals surface area contributed by atoms with Gasteiger partial charge in [0.1, 0.15) is 0 Å². The Labute approximate surface area is 84.3 Å². The van der Waals surface area contributed by atoms with Crippen LogP contribution in [0.1, 0.15) is 10.5 Å². The van der Waals surface area contributed by atoms with Crippen LogP contribution in [-0.4, -0.2) is 15.9 Å². The first-order valence-corrected chi connectivity index (χ1v) is 2.55. The fraction of sp³-hybridized carbons (Fsp3) is 0. The number of hydrogen-bond acceptors (Lipinski definition) is 3. The number of amides is 1. The van der Waals surface area contributed by atoms with E-state index in [1.165, 1.54) is 12.4 Å². The molecular formula is C5H5N3NaO2+. The number of H-pyrrole nitrogens is 1. The van der Waals surface area contributed by atoms with Crippen LogP contribution in [0.4, 0.5) is 0 Å². The molecule has 1 aromatic rings. The second-order valence-corrected chi connectivity index (χ2v) is 1.63. The number of nitrogens with zero attached hydrogens (tertiary/aromatic N) is 1. The largest absolute Gasteiger partial charge is 1.00 e. The number of carbonyl (C=O) groups excluding carboxylic acids is 1. The molecule has 1 rings (SSSR count). The van der Waals surface area contributed by atoms with E-state index in [4.69, 9.17) is 5.73 Å². The van der Waals surface area contributed by atoms with E-state index >= 15 is 0 Å². The molecule has 0 aliphatic rings. The van der Waals surface area contributed by atoms with E-state index in [9.17, 15) is 9.59 Å². The average Bonchev–Trinajstić information content (AvgIpc) is 1.88. The molecule has 0 saturated heterocycles. The standard InChI is InChI=1S/C5H5N3O2.Na/c6-4(9)3-5(10)8-2-1-7-3;/h1-2H,(H2,6,9)(H,8,10);/q;+1. The zero-order valence-corrected chi connectivity index (χ0v) is 8.00. The van der Waals surface area contributed by atoms with Gasteiger partial charge in [0, 0.05) is 12.4 Å².